The normalized spacial score (nSPS) is 12.2. The zero-order valence-corrected chi connectivity index (χ0v) is 32.1. The molecule has 6 heterocycles. The number of hydrogen-bond donors (Lipinski definition) is 1. The van der Waals surface area contributed by atoms with Crippen molar-refractivity contribution in [2.45, 2.75) is 59.0 Å². The van der Waals surface area contributed by atoms with Crippen molar-refractivity contribution in [3.05, 3.63) is 72.8 Å². The highest BCUT2D eigenvalue weighted by molar-refractivity contribution is 6.21. The molecule has 0 aliphatic carbocycles. The molecule has 6 aromatic heterocycles. The van der Waals surface area contributed by atoms with Crippen LogP contribution in [0.15, 0.2) is 55.4 Å². The van der Waals surface area contributed by atoms with Gasteiger partial charge in [0.25, 0.3) is 5.88 Å². The first-order valence-corrected chi connectivity index (χ1v) is 17.4. The van der Waals surface area contributed by atoms with Crippen LogP contribution in [-0.4, -0.2) is 93.0 Å². The Morgan fingerprint density at radius 2 is 1.18 bits per heavy atom. The van der Waals surface area contributed by atoms with E-state index in [0.29, 0.717) is 18.1 Å². The minimum atomic E-state index is -4.66. The molecule has 26 heteroatoms. The minimum Gasteiger partial charge on any atom is -0.468 e. The van der Waals surface area contributed by atoms with Gasteiger partial charge in [-0.2, -0.15) is 43.9 Å². The van der Waals surface area contributed by atoms with Gasteiger partial charge in [0.05, 0.1) is 30.4 Å². The smallest absolute Gasteiger partial charge is 0.422 e. The van der Waals surface area contributed by atoms with Gasteiger partial charge in [0.2, 0.25) is 17.5 Å². The lowest BCUT2D eigenvalue weighted by molar-refractivity contribution is -0.258. The standard InChI is InChI=1S/C17H16F5N5O2.C13H6ClF6N5O.C4H10O.CH4/c1-10(2)8-29-17(21,22)15-26-25-13-6-23-12(7-27(13)15)11-3-4-14(24-5-11)28-9-16(18,19)20;14-13(19,20)11-24-23-9-3-21-8(4-25(9)11)6-1-7(15)10(22-2-6)26-5-12(16,17)18;1-4(2)3-5;/h3-7,10H,8-9H2,1-2H3;1-4H,5H2;4-5H,3H2,1-2H3;1H4. The van der Waals surface area contributed by atoms with E-state index >= 15 is 0 Å². The quantitative estimate of drug-likeness (QED) is 0.0921. The van der Waals surface area contributed by atoms with Crippen molar-refractivity contribution >= 4 is 22.9 Å². The molecule has 0 bridgehead atoms. The maximum absolute atomic E-state index is 14.4. The van der Waals surface area contributed by atoms with Crippen molar-refractivity contribution < 1.29 is 67.6 Å². The molecule has 0 unspecified atom stereocenters. The van der Waals surface area contributed by atoms with Crippen molar-refractivity contribution in [2.24, 2.45) is 11.8 Å². The number of ether oxygens (including phenoxy) is 3. The average Bonchev–Trinajstić information content (AvgIpc) is 3.81. The van der Waals surface area contributed by atoms with Gasteiger partial charge in [-0.15, -0.1) is 20.4 Å². The van der Waals surface area contributed by atoms with Crippen LogP contribution < -0.4 is 9.47 Å². The molecule has 0 aliphatic rings. The van der Waals surface area contributed by atoms with Crippen LogP contribution in [0.4, 0.5) is 48.3 Å². The molecule has 14 nitrogen and oxygen atoms in total. The fourth-order valence-electron chi connectivity index (χ4n) is 4.22. The minimum absolute atomic E-state index is 0. The summed E-state index contributed by atoms with van der Waals surface area (Å²) in [6, 6.07) is 3.43. The SMILES string of the molecule is C.CC(C)CO.CC(C)COC(F)(F)c1nnc2cnc(-c3ccc(OCC(F)(F)F)nc3)cn12.Fc1cc(-c2cn3c(C(F)(F)Cl)nnc3cn2)cnc1OCC(F)(F)F. The third-order valence-corrected chi connectivity index (χ3v) is 7.12. The highest BCUT2D eigenvalue weighted by Gasteiger charge is 2.39. The van der Waals surface area contributed by atoms with Gasteiger partial charge in [-0.05, 0) is 35.6 Å². The van der Waals surface area contributed by atoms with Gasteiger partial charge < -0.3 is 19.3 Å². The predicted octanol–water partition coefficient (Wildman–Crippen LogP) is 8.67. The topological polar surface area (TPSA) is 160 Å². The molecular weight excluding hydrogens is 869 g/mol. The van der Waals surface area contributed by atoms with E-state index in [1.165, 1.54) is 30.7 Å². The monoisotopic (exact) mass is 904 g/mol. The lowest BCUT2D eigenvalue weighted by Crippen LogP contribution is -2.24. The van der Waals surface area contributed by atoms with Gasteiger partial charge in [0.1, 0.15) is 0 Å². The molecule has 0 fully saturated rings. The van der Waals surface area contributed by atoms with Crippen LogP contribution in [0.1, 0.15) is 46.8 Å². The lowest BCUT2D eigenvalue weighted by atomic mass is 10.2. The molecular formula is C35H36ClF11N10O4. The van der Waals surface area contributed by atoms with Crippen LogP contribution in [0.5, 0.6) is 11.8 Å². The van der Waals surface area contributed by atoms with Crippen molar-refractivity contribution in [3.63, 3.8) is 0 Å². The molecule has 0 saturated carbocycles. The number of rotatable bonds is 12. The van der Waals surface area contributed by atoms with E-state index < -0.39 is 60.4 Å². The first kappa shape index (κ1) is 49.8. The number of alkyl halides is 11. The van der Waals surface area contributed by atoms with Crippen LogP contribution in [0.25, 0.3) is 33.8 Å². The Kier molecular flexibility index (Phi) is 16.6. The molecule has 0 aromatic carbocycles. The Hall–Kier alpha value is -5.56. The summed E-state index contributed by atoms with van der Waals surface area (Å²) in [6.45, 7) is 4.35. The molecule has 0 saturated heterocycles. The molecule has 61 heavy (non-hydrogen) atoms. The Balaban J connectivity index is 0.000000290. The van der Waals surface area contributed by atoms with Crippen molar-refractivity contribution in [2.75, 3.05) is 26.4 Å². The Morgan fingerprint density at radius 3 is 1.66 bits per heavy atom. The summed E-state index contributed by atoms with van der Waals surface area (Å²) < 4.78 is 157. The second-order valence-corrected chi connectivity index (χ2v) is 13.5. The van der Waals surface area contributed by atoms with Crippen LogP contribution in [0.2, 0.25) is 0 Å². The molecule has 0 aliphatic heterocycles. The van der Waals surface area contributed by atoms with Crippen molar-refractivity contribution in [1.82, 2.24) is 49.1 Å². The molecule has 0 radical (unpaired) electrons. The number of nitrogens with zero attached hydrogens (tertiary/aromatic N) is 10. The second kappa shape index (κ2) is 20.3. The third kappa shape index (κ3) is 14.5. The molecule has 1 N–H and O–H groups in total. The van der Waals surface area contributed by atoms with Gasteiger partial charge in [-0.3, -0.25) is 18.8 Å². The second-order valence-electron chi connectivity index (χ2n) is 13.0. The van der Waals surface area contributed by atoms with Crippen LogP contribution in [-0.2, 0) is 16.2 Å². The van der Waals surface area contributed by atoms with Crippen molar-refractivity contribution in [1.29, 1.82) is 0 Å². The molecule has 334 valence electrons. The summed E-state index contributed by atoms with van der Waals surface area (Å²) in [5, 5.41) is 18.2. The summed E-state index contributed by atoms with van der Waals surface area (Å²) >= 11 is 4.94. The fraction of sp³-hybridized carbons (Fsp3) is 0.429. The van der Waals surface area contributed by atoms with E-state index in [0.717, 1.165) is 33.5 Å². The van der Waals surface area contributed by atoms with E-state index in [1.54, 1.807) is 13.8 Å². The fourth-order valence-corrected chi connectivity index (χ4v) is 4.35. The van der Waals surface area contributed by atoms with Crippen molar-refractivity contribution in [3.8, 4) is 34.3 Å². The number of aliphatic hydroxyl groups excluding tert-OH is 1. The van der Waals surface area contributed by atoms with Gasteiger partial charge >= 0.3 is 23.8 Å². The van der Waals surface area contributed by atoms with Crippen LogP contribution >= 0.6 is 11.6 Å². The molecule has 6 aromatic rings. The van der Waals surface area contributed by atoms with E-state index in [2.05, 4.69) is 54.5 Å². The third-order valence-electron chi connectivity index (χ3n) is 6.95. The van der Waals surface area contributed by atoms with E-state index in [-0.39, 0.29) is 54.1 Å². The Labute approximate surface area is 343 Å². The van der Waals surface area contributed by atoms with Gasteiger partial charge in [0, 0.05) is 48.6 Å². The van der Waals surface area contributed by atoms with Crippen LogP contribution in [0, 0.1) is 17.7 Å². The van der Waals surface area contributed by atoms with E-state index in [1.807, 2.05) is 13.8 Å². The number of halogens is 12. The number of pyridine rings is 2. The molecule has 0 spiro atoms. The number of aromatic nitrogens is 10. The maximum atomic E-state index is 14.4. The summed E-state index contributed by atoms with van der Waals surface area (Å²) in [7, 11) is 0. The number of aliphatic hydroxyl groups is 1. The first-order valence-electron chi connectivity index (χ1n) is 17.0. The zero-order chi connectivity index (χ0) is 44.6. The van der Waals surface area contributed by atoms with Crippen LogP contribution in [0.3, 0.4) is 0 Å². The zero-order valence-electron chi connectivity index (χ0n) is 31.4. The van der Waals surface area contributed by atoms with Gasteiger partial charge in [0.15, 0.2) is 30.3 Å². The first-order chi connectivity index (χ1) is 27.9. The summed E-state index contributed by atoms with van der Waals surface area (Å²) in [6.07, 6.45) is -5.96. The summed E-state index contributed by atoms with van der Waals surface area (Å²) in [5.41, 5.74) is 0.622. The van der Waals surface area contributed by atoms with E-state index in [9.17, 15) is 48.3 Å². The predicted molar refractivity (Wildman–Crippen MR) is 194 cm³/mol. The molecule has 6 rings (SSSR count). The Morgan fingerprint density at radius 1 is 0.672 bits per heavy atom. The largest absolute Gasteiger partial charge is 0.468 e. The summed E-state index contributed by atoms with van der Waals surface area (Å²) in [5.74, 6) is -3.53. The molecule has 0 amide bonds. The molecule has 0 atom stereocenters. The number of hydrogen-bond acceptors (Lipinski definition) is 12. The van der Waals surface area contributed by atoms with Gasteiger partial charge in [-0.1, -0.05) is 35.1 Å². The maximum Gasteiger partial charge on any atom is 0.422 e. The Bertz CT molecular complexity index is 2320. The number of fused-ring (bicyclic) bond motifs is 2. The van der Waals surface area contributed by atoms with E-state index in [4.69, 9.17) is 16.7 Å². The highest BCUT2D eigenvalue weighted by atomic mass is 35.5. The summed E-state index contributed by atoms with van der Waals surface area (Å²) in [4.78, 5) is 15.2. The highest BCUT2D eigenvalue weighted by Crippen LogP contribution is 2.33. The van der Waals surface area contributed by atoms with Gasteiger partial charge in [-0.25, -0.2) is 14.4 Å². The lowest BCUT2D eigenvalue weighted by Gasteiger charge is -2.16. The average molecular weight is 905 g/mol.